The van der Waals surface area contributed by atoms with Gasteiger partial charge in [0.15, 0.2) is 0 Å². The molecule has 9 heteroatoms. The monoisotopic (exact) mass is 427 g/mol. The minimum absolute atomic E-state index is 0.0443. The van der Waals surface area contributed by atoms with E-state index in [0.717, 1.165) is 12.8 Å². The van der Waals surface area contributed by atoms with Crippen LogP contribution in [0.4, 0.5) is 5.69 Å². The third kappa shape index (κ3) is 6.02. The molecule has 31 heavy (non-hydrogen) atoms. The van der Waals surface area contributed by atoms with Gasteiger partial charge >= 0.3 is 0 Å². The Kier molecular flexibility index (Phi) is 7.55. The highest BCUT2D eigenvalue weighted by molar-refractivity contribution is 5.96. The number of nitro benzene ring substituents is 1. The van der Waals surface area contributed by atoms with Crippen LogP contribution in [0.5, 0.6) is 0 Å². The number of rotatable bonds is 10. The molecule has 0 radical (unpaired) electrons. The van der Waals surface area contributed by atoms with Crippen molar-refractivity contribution in [3.8, 4) is 0 Å². The van der Waals surface area contributed by atoms with E-state index in [4.69, 9.17) is 9.15 Å². The van der Waals surface area contributed by atoms with Crippen molar-refractivity contribution in [1.82, 2.24) is 9.80 Å². The predicted molar refractivity (Wildman–Crippen MR) is 112 cm³/mol. The molecule has 1 saturated heterocycles. The highest BCUT2D eigenvalue weighted by atomic mass is 16.6. The first kappa shape index (κ1) is 22.2. The smallest absolute Gasteiger partial charge is 0.269 e. The standard InChI is InChI=1S/C22H25N3O6/c1-2-11-23(22(27)17-7-9-18(10-8-17)25(28)29)16-21(26)24(14-19-5-3-12-30-19)15-20-6-4-13-31-20/h2-3,5,7-10,12,20H,1,4,6,11,13-16H2/t20-/m0/s1. The SMILES string of the molecule is C=CCN(CC(=O)N(Cc1ccco1)C[C@@H]1CCCO1)C(=O)c1ccc([N+](=O)[O-])cc1. The fraction of sp³-hybridized carbons (Fsp3) is 0.364. The van der Waals surface area contributed by atoms with Crippen molar-refractivity contribution in [2.75, 3.05) is 26.2 Å². The maximum Gasteiger partial charge on any atom is 0.269 e. The Hall–Kier alpha value is -3.46. The van der Waals surface area contributed by atoms with Crippen LogP contribution in [0.2, 0.25) is 0 Å². The van der Waals surface area contributed by atoms with Crippen molar-refractivity contribution in [2.45, 2.75) is 25.5 Å². The van der Waals surface area contributed by atoms with Crippen LogP contribution in [0.1, 0.15) is 29.0 Å². The van der Waals surface area contributed by atoms with E-state index in [1.54, 1.807) is 23.3 Å². The molecule has 1 aromatic carbocycles. The number of ether oxygens (including phenoxy) is 1. The number of hydrogen-bond acceptors (Lipinski definition) is 6. The van der Waals surface area contributed by atoms with Crippen molar-refractivity contribution >= 4 is 17.5 Å². The molecule has 2 aromatic rings. The zero-order chi connectivity index (χ0) is 22.2. The van der Waals surface area contributed by atoms with Gasteiger partial charge in [-0.05, 0) is 37.1 Å². The third-order valence-electron chi connectivity index (χ3n) is 5.02. The molecule has 164 valence electrons. The van der Waals surface area contributed by atoms with Gasteiger partial charge in [-0.25, -0.2) is 0 Å². The van der Waals surface area contributed by atoms with Crippen molar-refractivity contribution in [2.24, 2.45) is 0 Å². The summed E-state index contributed by atoms with van der Waals surface area (Å²) in [6.07, 6.45) is 4.87. The highest BCUT2D eigenvalue weighted by Gasteiger charge is 2.26. The average Bonchev–Trinajstić information content (AvgIpc) is 3.47. The van der Waals surface area contributed by atoms with Gasteiger partial charge in [0.2, 0.25) is 5.91 Å². The molecule has 1 aliphatic heterocycles. The van der Waals surface area contributed by atoms with E-state index >= 15 is 0 Å². The molecule has 0 N–H and O–H groups in total. The summed E-state index contributed by atoms with van der Waals surface area (Å²) in [6, 6.07) is 8.84. The van der Waals surface area contributed by atoms with Crippen molar-refractivity contribution in [3.05, 3.63) is 76.8 Å². The molecule has 2 heterocycles. The highest BCUT2D eigenvalue weighted by Crippen LogP contribution is 2.17. The Morgan fingerprint density at radius 1 is 1.23 bits per heavy atom. The second-order valence-corrected chi connectivity index (χ2v) is 7.27. The van der Waals surface area contributed by atoms with E-state index in [-0.39, 0.29) is 42.9 Å². The van der Waals surface area contributed by atoms with Crippen LogP contribution >= 0.6 is 0 Å². The van der Waals surface area contributed by atoms with Crippen LogP contribution < -0.4 is 0 Å². The lowest BCUT2D eigenvalue weighted by Gasteiger charge is -2.28. The molecule has 0 bridgehead atoms. The van der Waals surface area contributed by atoms with Gasteiger partial charge in [-0.1, -0.05) is 6.08 Å². The molecular formula is C22H25N3O6. The molecule has 1 aromatic heterocycles. The molecule has 1 fully saturated rings. The number of benzene rings is 1. The second-order valence-electron chi connectivity index (χ2n) is 7.27. The molecule has 1 aliphatic rings. The third-order valence-corrected chi connectivity index (χ3v) is 5.02. The molecule has 0 aliphatic carbocycles. The topological polar surface area (TPSA) is 106 Å². The zero-order valence-electron chi connectivity index (χ0n) is 17.1. The van der Waals surface area contributed by atoms with Gasteiger partial charge in [0, 0.05) is 37.4 Å². The van der Waals surface area contributed by atoms with Crippen LogP contribution in [0.25, 0.3) is 0 Å². The summed E-state index contributed by atoms with van der Waals surface area (Å²) in [5.74, 6) is -0.00876. The molecular weight excluding hydrogens is 402 g/mol. The van der Waals surface area contributed by atoms with Gasteiger partial charge in [-0.3, -0.25) is 19.7 Å². The second kappa shape index (κ2) is 10.5. The predicted octanol–water partition coefficient (Wildman–Crippen LogP) is 3.02. The lowest BCUT2D eigenvalue weighted by Crippen LogP contribution is -2.45. The average molecular weight is 427 g/mol. The Balaban J connectivity index is 1.72. The summed E-state index contributed by atoms with van der Waals surface area (Å²) < 4.78 is 11.1. The summed E-state index contributed by atoms with van der Waals surface area (Å²) in [5.41, 5.74) is 0.154. The Morgan fingerprint density at radius 3 is 2.58 bits per heavy atom. The van der Waals surface area contributed by atoms with Crippen LogP contribution in [-0.2, 0) is 16.1 Å². The van der Waals surface area contributed by atoms with E-state index in [0.29, 0.717) is 18.9 Å². The van der Waals surface area contributed by atoms with E-state index in [2.05, 4.69) is 6.58 Å². The lowest BCUT2D eigenvalue weighted by molar-refractivity contribution is -0.384. The summed E-state index contributed by atoms with van der Waals surface area (Å²) in [4.78, 5) is 39.4. The fourth-order valence-electron chi connectivity index (χ4n) is 3.43. The molecule has 0 saturated carbocycles. The number of carbonyl (C=O) groups is 2. The minimum Gasteiger partial charge on any atom is -0.467 e. The summed E-state index contributed by atoms with van der Waals surface area (Å²) in [7, 11) is 0. The molecule has 1 atom stereocenters. The number of amides is 2. The van der Waals surface area contributed by atoms with Crippen LogP contribution in [0.15, 0.2) is 59.7 Å². The number of nitro groups is 1. The number of furan rings is 1. The quantitative estimate of drug-likeness (QED) is 0.328. The summed E-state index contributed by atoms with van der Waals surface area (Å²) >= 11 is 0. The number of non-ortho nitro benzene ring substituents is 1. The minimum atomic E-state index is -0.531. The van der Waals surface area contributed by atoms with Gasteiger partial charge in [-0.15, -0.1) is 6.58 Å². The lowest BCUT2D eigenvalue weighted by atomic mass is 10.1. The largest absolute Gasteiger partial charge is 0.467 e. The van der Waals surface area contributed by atoms with Gasteiger partial charge in [0.05, 0.1) is 23.8 Å². The summed E-state index contributed by atoms with van der Waals surface area (Å²) in [5, 5.41) is 10.8. The number of nitrogens with zero attached hydrogens (tertiary/aromatic N) is 3. The Labute approximate surface area is 180 Å². The molecule has 2 amide bonds. The van der Waals surface area contributed by atoms with Gasteiger partial charge in [0.1, 0.15) is 12.3 Å². The van der Waals surface area contributed by atoms with Crippen molar-refractivity contribution < 1.29 is 23.7 Å². The van der Waals surface area contributed by atoms with E-state index < -0.39 is 10.8 Å². The normalized spacial score (nSPS) is 15.4. The Bertz CT molecular complexity index is 904. The maximum atomic E-state index is 13.1. The maximum absolute atomic E-state index is 13.1. The molecule has 9 nitrogen and oxygen atoms in total. The van der Waals surface area contributed by atoms with E-state index in [9.17, 15) is 19.7 Å². The van der Waals surface area contributed by atoms with Crippen LogP contribution in [0, 0.1) is 10.1 Å². The Morgan fingerprint density at radius 2 is 2.00 bits per heavy atom. The molecule has 3 rings (SSSR count). The van der Waals surface area contributed by atoms with Gasteiger partial charge < -0.3 is 19.0 Å². The van der Waals surface area contributed by atoms with E-state index in [1.165, 1.54) is 35.2 Å². The van der Waals surface area contributed by atoms with Crippen molar-refractivity contribution in [3.63, 3.8) is 0 Å². The number of carbonyl (C=O) groups excluding carboxylic acids is 2. The van der Waals surface area contributed by atoms with Crippen LogP contribution in [0.3, 0.4) is 0 Å². The van der Waals surface area contributed by atoms with Gasteiger partial charge in [0.25, 0.3) is 11.6 Å². The molecule has 0 spiro atoms. The summed E-state index contributed by atoms with van der Waals surface area (Å²) in [6.45, 7) is 5.03. The van der Waals surface area contributed by atoms with Crippen LogP contribution in [-0.4, -0.2) is 58.9 Å². The first-order valence-electron chi connectivity index (χ1n) is 10.0. The van der Waals surface area contributed by atoms with E-state index in [1.807, 2.05) is 0 Å². The number of hydrogen-bond donors (Lipinski definition) is 0. The first-order valence-corrected chi connectivity index (χ1v) is 10.0. The first-order chi connectivity index (χ1) is 15.0. The fourth-order valence-corrected chi connectivity index (χ4v) is 3.43. The zero-order valence-corrected chi connectivity index (χ0v) is 17.1. The van der Waals surface area contributed by atoms with Gasteiger partial charge in [-0.2, -0.15) is 0 Å². The van der Waals surface area contributed by atoms with Crippen molar-refractivity contribution in [1.29, 1.82) is 0 Å². The molecule has 0 unspecified atom stereocenters.